The van der Waals surface area contributed by atoms with Gasteiger partial charge >= 0.3 is 0 Å². The number of piperidine rings is 1. The fraction of sp³-hybridized carbons (Fsp3) is 0.857. The molecule has 0 bridgehead atoms. The molecule has 3 atom stereocenters. The van der Waals surface area contributed by atoms with E-state index in [-0.39, 0.29) is 30.3 Å². The number of nitrogens with one attached hydrogen (secondary N) is 3. The fourth-order valence-electron chi connectivity index (χ4n) is 2.01. The second-order valence-electron chi connectivity index (χ2n) is 6.53. The van der Waals surface area contributed by atoms with Crippen LogP contribution in [0.25, 0.3) is 0 Å². The Labute approximate surface area is 128 Å². The van der Waals surface area contributed by atoms with Crippen molar-refractivity contribution in [3.05, 3.63) is 0 Å². The molecule has 3 N–H and O–H groups in total. The molecule has 3 unspecified atom stereocenters. The minimum Gasteiger partial charge on any atom is -0.351 e. The molecule has 1 aliphatic heterocycles. The highest BCUT2D eigenvalue weighted by atomic mass is 35.5. The van der Waals surface area contributed by atoms with E-state index < -0.39 is 11.5 Å². The van der Waals surface area contributed by atoms with Gasteiger partial charge in [-0.2, -0.15) is 0 Å². The van der Waals surface area contributed by atoms with Crippen LogP contribution < -0.4 is 16.0 Å². The Hall–Kier alpha value is -0.810. The van der Waals surface area contributed by atoms with E-state index in [1.807, 2.05) is 20.8 Å². The van der Waals surface area contributed by atoms with E-state index in [4.69, 9.17) is 0 Å². The minimum atomic E-state index is -0.492. The average Bonchev–Trinajstić information content (AvgIpc) is 2.30. The summed E-state index contributed by atoms with van der Waals surface area (Å²) < 4.78 is 0. The molecule has 0 aliphatic carbocycles. The van der Waals surface area contributed by atoms with E-state index in [0.29, 0.717) is 5.92 Å². The third-order valence-corrected chi connectivity index (χ3v) is 3.54. The summed E-state index contributed by atoms with van der Waals surface area (Å²) in [4.78, 5) is 23.9. The second kappa shape index (κ2) is 7.84. The molecular formula is C14H28ClN3O2. The van der Waals surface area contributed by atoms with Crippen LogP contribution in [0.15, 0.2) is 0 Å². The lowest BCUT2D eigenvalue weighted by atomic mass is 9.94. The van der Waals surface area contributed by atoms with Crippen molar-refractivity contribution in [2.75, 3.05) is 13.1 Å². The van der Waals surface area contributed by atoms with Crippen molar-refractivity contribution in [1.82, 2.24) is 16.0 Å². The molecule has 0 aromatic heterocycles. The Bertz CT molecular complexity index is 342. The van der Waals surface area contributed by atoms with E-state index in [1.54, 1.807) is 6.92 Å². The van der Waals surface area contributed by atoms with Gasteiger partial charge in [-0.3, -0.25) is 9.59 Å². The van der Waals surface area contributed by atoms with Crippen molar-refractivity contribution >= 4 is 24.2 Å². The first-order valence-electron chi connectivity index (χ1n) is 7.04. The van der Waals surface area contributed by atoms with Gasteiger partial charge in [0.1, 0.15) is 6.04 Å². The van der Waals surface area contributed by atoms with E-state index in [9.17, 15) is 9.59 Å². The number of hydrogen-bond acceptors (Lipinski definition) is 3. The molecule has 0 aromatic rings. The predicted octanol–water partition coefficient (Wildman–Crippen LogP) is 1.07. The predicted molar refractivity (Wildman–Crippen MR) is 82.9 cm³/mol. The monoisotopic (exact) mass is 305 g/mol. The quantitative estimate of drug-likeness (QED) is 0.730. The van der Waals surface area contributed by atoms with Crippen molar-refractivity contribution in [3.8, 4) is 0 Å². The maximum atomic E-state index is 12.1. The molecule has 1 rings (SSSR count). The normalized spacial score (nSPS) is 24.2. The molecule has 6 heteroatoms. The van der Waals surface area contributed by atoms with Crippen LogP contribution in [0.5, 0.6) is 0 Å². The highest BCUT2D eigenvalue weighted by Gasteiger charge is 2.28. The van der Waals surface area contributed by atoms with Gasteiger partial charge in [0.05, 0.1) is 0 Å². The first-order chi connectivity index (χ1) is 8.71. The summed E-state index contributed by atoms with van der Waals surface area (Å²) in [6, 6.07) is -0.295. The molecule has 5 nitrogen and oxygen atoms in total. The van der Waals surface area contributed by atoms with Crippen LogP contribution in [0, 0.1) is 11.3 Å². The van der Waals surface area contributed by atoms with Crippen molar-refractivity contribution in [2.45, 2.75) is 53.1 Å². The first-order valence-corrected chi connectivity index (χ1v) is 7.04. The minimum absolute atomic E-state index is 0. The maximum absolute atomic E-state index is 12.1. The van der Waals surface area contributed by atoms with Gasteiger partial charge < -0.3 is 16.0 Å². The van der Waals surface area contributed by atoms with Gasteiger partial charge in [-0.25, -0.2) is 0 Å². The van der Waals surface area contributed by atoms with Crippen LogP contribution >= 0.6 is 12.4 Å². The van der Waals surface area contributed by atoms with Gasteiger partial charge in [-0.1, -0.05) is 27.7 Å². The van der Waals surface area contributed by atoms with Crippen LogP contribution in [-0.2, 0) is 9.59 Å². The zero-order chi connectivity index (χ0) is 14.6. The molecule has 20 heavy (non-hydrogen) atoms. The Morgan fingerprint density at radius 2 is 1.90 bits per heavy atom. The fourth-order valence-corrected chi connectivity index (χ4v) is 2.01. The number of amides is 2. The molecule has 2 amide bonds. The van der Waals surface area contributed by atoms with Gasteiger partial charge in [0, 0.05) is 11.5 Å². The Kier molecular flexibility index (Phi) is 7.52. The Morgan fingerprint density at radius 1 is 1.30 bits per heavy atom. The van der Waals surface area contributed by atoms with Gasteiger partial charge in [0.15, 0.2) is 0 Å². The van der Waals surface area contributed by atoms with E-state index in [2.05, 4.69) is 22.9 Å². The summed E-state index contributed by atoms with van der Waals surface area (Å²) >= 11 is 0. The van der Waals surface area contributed by atoms with Crippen molar-refractivity contribution in [1.29, 1.82) is 0 Å². The number of rotatable bonds is 3. The Morgan fingerprint density at radius 3 is 2.40 bits per heavy atom. The number of hydrogen-bond donors (Lipinski definition) is 3. The van der Waals surface area contributed by atoms with E-state index >= 15 is 0 Å². The van der Waals surface area contributed by atoms with Gasteiger partial charge in [-0.05, 0) is 32.4 Å². The molecule has 1 aliphatic rings. The third-order valence-electron chi connectivity index (χ3n) is 3.54. The Balaban J connectivity index is 0.00000361. The molecule has 0 aromatic carbocycles. The second-order valence-corrected chi connectivity index (χ2v) is 6.53. The molecule has 1 heterocycles. The van der Waals surface area contributed by atoms with Crippen LogP contribution in [0.1, 0.15) is 41.0 Å². The smallest absolute Gasteiger partial charge is 0.242 e. The topological polar surface area (TPSA) is 70.2 Å². The summed E-state index contributed by atoms with van der Waals surface area (Å²) in [5.74, 6) is 0.216. The van der Waals surface area contributed by atoms with E-state index in [0.717, 1.165) is 19.5 Å². The average molecular weight is 306 g/mol. The first kappa shape index (κ1) is 19.2. The molecule has 0 radical (unpaired) electrons. The number of carbonyl (C=O) groups is 2. The molecule has 118 valence electrons. The van der Waals surface area contributed by atoms with E-state index in [1.165, 1.54) is 0 Å². The standard InChI is InChI=1S/C14H27N3O2.ClH/c1-9-8-15-7-6-11(9)17-12(18)10(2)16-13(19)14(3,4)5;/h9-11,15H,6-8H2,1-5H3,(H,16,19)(H,17,18);1H. The summed E-state index contributed by atoms with van der Waals surface area (Å²) in [6.45, 7) is 11.2. The highest BCUT2D eigenvalue weighted by molar-refractivity contribution is 5.89. The molecule has 1 saturated heterocycles. The number of carbonyl (C=O) groups excluding carboxylic acids is 2. The third kappa shape index (κ3) is 5.67. The highest BCUT2D eigenvalue weighted by Crippen LogP contribution is 2.13. The van der Waals surface area contributed by atoms with Gasteiger partial charge in [0.2, 0.25) is 11.8 Å². The lowest BCUT2D eigenvalue weighted by Gasteiger charge is -2.31. The van der Waals surface area contributed by atoms with Crippen LogP contribution in [0.4, 0.5) is 0 Å². The molecule has 1 fully saturated rings. The van der Waals surface area contributed by atoms with Crippen molar-refractivity contribution in [3.63, 3.8) is 0 Å². The largest absolute Gasteiger partial charge is 0.351 e. The lowest BCUT2D eigenvalue weighted by Crippen LogP contribution is -2.54. The van der Waals surface area contributed by atoms with Crippen molar-refractivity contribution < 1.29 is 9.59 Å². The van der Waals surface area contributed by atoms with Crippen LogP contribution in [-0.4, -0.2) is 37.0 Å². The maximum Gasteiger partial charge on any atom is 0.242 e. The molecule has 0 saturated carbocycles. The summed E-state index contributed by atoms with van der Waals surface area (Å²) in [7, 11) is 0. The van der Waals surface area contributed by atoms with Gasteiger partial charge in [-0.15, -0.1) is 12.4 Å². The number of halogens is 1. The SMILES string of the molecule is CC(NC(=O)C(C)(C)C)C(=O)NC1CCNCC1C.Cl. The summed E-state index contributed by atoms with van der Waals surface area (Å²) in [5, 5.41) is 9.09. The van der Waals surface area contributed by atoms with Crippen LogP contribution in [0.2, 0.25) is 0 Å². The molecule has 0 spiro atoms. The van der Waals surface area contributed by atoms with Crippen LogP contribution in [0.3, 0.4) is 0 Å². The lowest BCUT2D eigenvalue weighted by molar-refractivity contribution is -0.133. The molecular weight excluding hydrogens is 278 g/mol. The zero-order valence-corrected chi connectivity index (χ0v) is 13.9. The van der Waals surface area contributed by atoms with Crippen molar-refractivity contribution in [2.24, 2.45) is 11.3 Å². The summed E-state index contributed by atoms with van der Waals surface area (Å²) in [5.41, 5.74) is -0.476. The summed E-state index contributed by atoms with van der Waals surface area (Å²) in [6.07, 6.45) is 0.937. The zero-order valence-electron chi connectivity index (χ0n) is 13.1. The van der Waals surface area contributed by atoms with Gasteiger partial charge in [0.25, 0.3) is 0 Å².